The lowest BCUT2D eigenvalue weighted by Crippen LogP contribution is -2.12. The van der Waals surface area contributed by atoms with E-state index in [-0.39, 0.29) is 17.9 Å². The zero-order chi connectivity index (χ0) is 23.6. The summed E-state index contributed by atoms with van der Waals surface area (Å²) in [4.78, 5) is 15.4. The fourth-order valence-corrected chi connectivity index (χ4v) is 3.89. The number of benzene rings is 3. The monoisotopic (exact) mass is 488 g/mol. The molecule has 170 valence electrons. The van der Waals surface area contributed by atoms with Crippen molar-refractivity contribution in [2.24, 2.45) is 0 Å². The van der Waals surface area contributed by atoms with Crippen LogP contribution < -0.4 is 15.6 Å². The number of aromatic hydroxyl groups is 1. The minimum absolute atomic E-state index is 0.0786. The topological polar surface area (TPSA) is 108 Å². The van der Waals surface area contributed by atoms with E-state index in [0.29, 0.717) is 38.7 Å². The van der Waals surface area contributed by atoms with E-state index < -0.39 is 21.5 Å². The number of para-hydroxylation sites is 2. The van der Waals surface area contributed by atoms with Crippen LogP contribution in [0, 0.1) is 0 Å². The molecular weight excluding hydrogens is 471 g/mol. The number of pyridine rings is 1. The summed E-state index contributed by atoms with van der Waals surface area (Å²) >= 11 is 5.97. The lowest BCUT2D eigenvalue weighted by atomic mass is 10.0. The number of fused-ring (bicyclic) bond motifs is 1. The molecule has 7 nitrogen and oxygen atoms in total. The molecule has 0 saturated carbocycles. The third-order valence-corrected chi connectivity index (χ3v) is 5.77. The number of halogens is 2. The second-order valence-electron chi connectivity index (χ2n) is 7.16. The maximum Gasteiger partial charge on any atom is 0.304 e. The van der Waals surface area contributed by atoms with E-state index in [4.69, 9.17) is 16.3 Å². The Hall–Kier alpha value is -3.56. The molecule has 4 rings (SSSR count). The van der Waals surface area contributed by atoms with Gasteiger partial charge in [-0.2, -0.15) is 8.42 Å². The van der Waals surface area contributed by atoms with Crippen molar-refractivity contribution in [3.05, 3.63) is 82.1 Å². The zero-order valence-corrected chi connectivity index (χ0v) is 18.6. The quantitative estimate of drug-likeness (QED) is 0.314. The lowest BCUT2D eigenvalue weighted by molar-refractivity contribution is 0.481. The highest BCUT2D eigenvalue weighted by molar-refractivity contribution is 7.86. The van der Waals surface area contributed by atoms with Gasteiger partial charge in [0.05, 0.1) is 22.5 Å². The van der Waals surface area contributed by atoms with Gasteiger partial charge in [0.25, 0.3) is 5.56 Å². The van der Waals surface area contributed by atoms with Gasteiger partial charge in [0.15, 0.2) is 5.75 Å². The molecule has 1 heterocycles. The van der Waals surface area contributed by atoms with Crippen LogP contribution in [0.3, 0.4) is 0 Å². The van der Waals surface area contributed by atoms with Crippen molar-refractivity contribution in [1.82, 2.24) is 4.98 Å². The maximum atomic E-state index is 12.8. The van der Waals surface area contributed by atoms with Crippen LogP contribution in [0.2, 0.25) is 5.02 Å². The number of H-pyrrole nitrogens is 1. The molecule has 0 aliphatic heterocycles. The van der Waals surface area contributed by atoms with Gasteiger partial charge in [-0.3, -0.25) is 4.79 Å². The third-order valence-electron chi connectivity index (χ3n) is 4.85. The first kappa shape index (κ1) is 22.6. The first-order valence-electron chi connectivity index (χ1n) is 9.79. The largest absolute Gasteiger partial charge is 0.506 e. The van der Waals surface area contributed by atoms with E-state index in [1.54, 1.807) is 66.7 Å². The molecule has 0 saturated heterocycles. The van der Waals surface area contributed by atoms with E-state index in [1.165, 1.54) is 0 Å². The first-order valence-corrected chi connectivity index (χ1v) is 11.7. The van der Waals surface area contributed by atoms with Crippen LogP contribution >= 0.6 is 11.6 Å². The Bertz CT molecular complexity index is 1500. The van der Waals surface area contributed by atoms with Gasteiger partial charge in [0.1, 0.15) is 11.5 Å². The minimum atomic E-state index is -4.60. The third kappa shape index (κ3) is 5.27. The highest BCUT2D eigenvalue weighted by atomic mass is 35.5. The highest BCUT2D eigenvalue weighted by Gasteiger charge is 2.15. The van der Waals surface area contributed by atoms with Crippen molar-refractivity contribution in [2.75, 3.05) is 17.6 Å². The molecule has 0 atom stereocenters. The molecule has 0 radical (unpaired) electrons. The Kier molecular flexibility index (Phi) is 6.26. The number of aromatic nitrogens is 1. The van der Waals surface area contributed by atoms with Crippen LogP contribution in [0.1, 0.15) is 0 Å². The number of rotatable bonds is 7. The summed E-state index contributed by atoms with van der Waals surface area (Å²) < 4.78 is 40.2. The maximum absolute atomic E-state index is 12.8. The average Bonchev–Trinajstić information content (AvgIpc) is 2.74. The Labute approximate surface area is 193 Å². The summed E-state index contributed by atoms with van der Waals surface area (Å²) in [5.41, 5.74) is 0.895. The lowest BCUT2D eigenvalue weighted by Gasteiger charge is -2.14. The van der Waals surface area contributed by atoms with Crippen molar-refractivity contribution in [3.63, 3.8) is 0 Å². The van der Waals surface area contributed by atoms with E-state index in [9.17, 15) is 22.2 Å². The van der Waals surface area contributed by atoms with Gasteiger partial charge in [-0.15, -0.1) is 3.89 Å². The Balaban J connectivity index is 1.66. The fourth-order valence-electron chi connectivity index (χ4n) is 3.37. The summed E-state index contributed by atoms with van der Waals surface area (Å²) in [6, 6.07) is 18.1. The van der Waals surface area contributed by atoms with Crippen LogP contribution in [0.5, 0.6) is 17.2 Å². The molecule has 0 aliphatic rings. The first-order chi connectivity index (χ1) is 15.7. The minimum Gasteiger partial charge on any atom is -0.506 e. The van der Waals surface area contributed by atoms with Gasteiger partial charge in [-0.1, -0.05) is 35.9 Å². The number of anilines is 1. The van der Waals surface area contributed by atoms with Gasteiger partial charge >= 0.3 is 10.2 Å². The molecule has 3 N–H and O–H groups in total. The number of aromatic amines is 1. The van der Waals surface area contributed by atoms with Gasteiger partial charge in [0.2, 0.25) is 0 Å². The number of hydrogen-bond acceptors (Lipinski definition) is 6. The van der Waals surface area contributed by atoms with E-state index in [1.807, 2.05) is 0 Å². The summed E-state index contributed by atoms with van der Waals surface area (Å²) in [5, 5.41) is 14.5. The second-order valence-corrected chi connectivity index (χ2v) is 9.09. The van der Waals surface area contributed by atoms with Crippen LogP contribution in [0.15, 0.2) is 71.5 Å². The molecule has 0 amide bonds. The van der Waals surface area contributed by atoms with Crippen molar-refractivity contribution in [1.29, 1.82) is 0 Å². The van der Waals surface area contributed by atoms with Gasteiger partial charge in [-0.05, 0) is 48.0 Å². The number of nitrogens with one attached hydrogen (secondary N) is 2. The molecule has 1 aromatic heterocycles. The summed E-state index contributed by atoms with van der Waals surface area (Å²) in [6.07, 6.45) is 0. The second kappa shape index (κ2) is 9.13. The zero-order valence-electron chi connectivity index (χ0n) is 17.0. The molecule has 10 heteroatoms. The average molecular weight is 489 g/mol. The predicted octanol–water partition coefficient (Wildman–Crippen LogP) is 5.06. The molecule has 0 aliphatic carbocycles. The Morgan fingerprint density at radius 3 is 2.64 bits per heavy atom. The van der Waals surface area contributed by atoms with E-state index in [0.717, 1.165) is 0 Å². The van der Waals surface area contributed by atoms with E-state index in [2.05, 4.69) is 10.3 Å². The van der Waals surface area contributed by atoms with Crippen molar-refractivity contribution < 1.29 is 22.1 Å². The predicted molar refractivity (Wildman–Crippen MR) is 127 cm³/mol. The molecular formula is C23H18ClFN2O5S. The Morgan fingerprint density at radius 1 is 1.06 bits per heavy atom. The highest BCUT2D eigenvalue weighted by Crippen LogP contribution is 2.36. The Morgan fingerprint density at radius 2 is 1.85 bits per heavy atom. The molecule has 3 aromatic carbocycles. The number of hydrogen-bond donors (Lipinski definition) is 3. The molecule has 0 fully saturated rings. The van der Waals surface area contributed by atoms with Crippen molar-refractivity contribution >= 4 is 38.4 Å². The van der Waals surface area contributed by atoms with Crippen molar-refractivity contribution in [2.45, 2.75) is 0 Å². The fraction of sp³-hybridized carbons (Fsp3) is 0.0870. The van der Waals surface area contributed by atoms with Gasteiger partial charge in [-0.25, -0.2) is 0 Å². The van der Waals surface area contributed by atoms with Crippen LogP contribution in [-0.2, 0) is 10.2 Å². The summed E-state index contributed by atoms with van der Waals surface area (Å²) in [7, 11) is -4.60. The smallest absolute Gasteiger partial charge is 0.304 e. The molecule has 0 spiro atoms. The van der Waals surface area contributed by atoms with Crippen molar-refractivity contribution in [3.8, 4) is 28.4 Å². The van der Waals surface area contributed by atoms with Crippen LogP contribution in [0.4, 0.5) is 9.57 Å². The normalized spacial score (nSPS) is 11.5. The van der Waals surface area contributed by atoms with E-state index >= 15 is 0 Å². The molecule has 33 heavy (non-hydrogen) atoms. The molecule has 0 unspecified atom stereocenters. The molecule has 0 bridgehead atoms. The number of ether oxygens (including phenoxy) is 1. The summed E-state index contributed by atoms with van der Waals surface area (Å²) in [5.74, 6) is -0.115. The van der Waals surface area contributed by atoms with Gasteiger partial charge < -0.3 is 20.1 Å². The summed E-state index contributed by atoms with van der Waals surface area (Å²) in [6.45, 7) is -0.135. The molecule has 4 aromatic rings. The SMILES string of the molecule is O=c1[nH]c2cc(Cl)ccc2c(O)c1-c1cccc(Oc2ccccc2NCCS(=O)(=O)F)c1. The standard InChI is InChI=1S/C23H18ClFN2O5S/c24-15-8-9-17-19(13-15)27-23(29)21(22(17)28)14-4-3-5-16(12-14)32-20-7-2-1-6-18(20)26-10-11-33(25,30)31/h1-9,12-13,26H,10-11H2,(H2,27,28,29). The van der Waals surface area contributed by atoms with Crippen LogP contribution in [0.25, 0.3) is 22.0 Å². The van der Waals surface area contributed by atoms with Gasteiger partial charge in [0, 0.05) is 17.0 Å². The van der Waals surface area contributed by atoms with Crippen LogP contribution in [-0.4, -0.2) is 30.8 Å².